The fourth-order valence-corrected chi connectivity index (χ4v) is 5.06. The predicted molar refractivity (Wildman–Crippen MR) is 84.8 cm³/mol. The van der Waals surface area contributed by atoms with Gasteiger partial charge in [-0.05, 0) is 51.5 Å². The van der Waals surface area contributed by atoms with E-state index in [1.807, 2.05) is 0 Å². The topological polar surface area (TPSA) is 58.6 Å². The number of hydrogen-bond donors (Lipinski definition) is 1. The highest BCUT2D eigenvalue weighted by Crippen LogP contribution is 2.24. The van der Waals surface area contributed by atoms with Crippen LogP contribution in [0.3, 0.4) is 0 Å². The van der Waals surface area contributed by atoms with Gasteiger partial charge in [0, 0.05) is 25.7 Å². The molecular weight excluding hydrogens is 288 g/mol. The number of nitrogens with one attached hydrogen (secondary N) is 1. The minimum atomic E-state index is -3.17. The lowest BCUT2D eigenvalue weighted by atomic mass is 9.93. The monoisotopic (exact) mass is 318 g/mol. The molecule has 0 aromatic heterocycles. The van der Waals surface area contributed by atoms with E-state index in [0.717, 1.165) is 38.6 Å². The average Bonchev–Trinajstić information content (AvgIpc) is 2.97. The summed E-state index contributed by atoms with van der Waals surface area (Å²) in [5.41, 5.74) is 0. The van der Waals surface area contributed by atoms with Crippen LogP contribution in [0.2, 0.25) is 0 Å². The second-order valence-electron chi connectivity index (χ2n) is 6.42. The highest BCUT2D eigenvalue weighted by Gasteiger charge is 2.33. The molecular formula is C15H30N2O3S. The first-order valence-corrected chi connectivity index (χ1v) is 9.96. The number of piperidine rings is 1. The summed E-state index contributed by atoms with van der Waals surface area (Å²) in [6.45, 7) is 7.37. The van der Waals surface area contributed by atoms with E-state index in [2.05, 4.69) is 19.2 Å². The van der Waals surface area contributed by atoms with Crippen molar-refractivity contribution in [2.75, 3.05) is 32.0 Å². The van der Waals surface area contributed by atoms with Crippen LogP contribution >= 0.6 is 0 Å². The fraction of sp³-hybridized carbons (Fsp3) is 1.00. The lowest BCUT2D eigenvalue weighted by Crippen LogP contribution is -2.48. The molecule has 2 saturated heterocycles. The molecule has 0 aliphatic carbocycles. The Morgan fingerprint density at radius 1 is 1.33 bits per heavy atom. The molecule has 0 spiro atoms. The van der Waals surface area contributed by atoms with E-state index >= 15 is 0 Å². The number of ether oxygens (including phenoxy) is 1. The van der Waals surface area contributed by atoms with Crippen LogP contribution in [0.5, 0.6) is 0 Å². The highest BCUT2D eigenvalue weighted by molar-refractivity contribution is 7.89. The van der Waals surface area contributed by atoms with Crippen LogP contribution in [0.4, 0.5) is 0 Å². The van der Waals surface area contributed by atoms with Crippen molar-refractivity contribution >= 4 is 10.0 Å². The van der Waals surface area contributed by atoms with Crippen LogP contribution in [0.25, 0.3) is 0 Å². The quantitative estimate of drug-likeness (QED) is 0.774. The first-order chi connectivity index (χ1) is 10.0. The Labute approximate surface area is 129 Å². The second-order valence-corrected chi connectivity index (χ2v) is 8.43. The van der Waals surface area contributed by atoms with Crippen molar-refractivity contribution in [3.8, 4) is 0 Å². The van der Waals surface area contributed by atoms with Crippen molar-refractivity contribution in [3.63, 3.8) is 0 Å². The third-order valence-corrected chi connectivity index (χ3v) is 6.57. The molecule has 21 heavy (non-hydrogen) atoms. The van der Waals surface area contributed by atoms with E-state index < -0.39 is 10.0 Å². The molecule has 124 valence electrons. The standard InChI is InChI=1S/C15H30N2O3S/c1-3-8-16-13(2)14-6-4-9-17(11-14)21(18,19)12-15-7-5-10-20-15/h13-16H,3-12H2,1-2H3. The van der Waals surface area contributed by atoms with Gasteiger partial charge in [0.1, 0.15) is 0 Å². The van der Waals surface area contributed by atoms with Gasteiger partial charge in [0.05, 0.1) is 11.9 Å². The van der Waals surface area contributed by atoms with Gasteiger partial charge in [-0.3, -0.25) is 0 Å². The van der Waals surface area contributed by atoms with Crippen molar-refractivity contribution in [1.29, 1.82) is 0 Å². The van der Waals surface area contributed by atoms with Crippen LogP contribution in [-0.2, 0) is 14.8 Å². The molecule has 3 atom stereocenters. The number of hydrogen-bond acceptors (Lipinski definition) is 4. The Morgan fingerprint density at radius 3 is 2.81 bits per heavy atom. The third-order valence-electron chi connectivity index (χ3n) is 4.66. The maximum absolute atomic E-state index is 12.5. The summed E-state index contributed by atoms with van der Waals surface area (Å²) in [5, 5.41) is 3.50. The summed E-state index contributed by atoms with van der Waals surface area (Å²) in [4.78, 5) is 0. The summed E-state index contributed by atoms with van der Waals surface area (Å²) in [5.74, 6) is 0.584. The molecule has 0 aromatic rings. The minimum Gasteiger partial charge on any atom is -0.377 e. The molecule has 0 radical (unpaired) electrons. The normalized spacial score (nSPS) is 29.6. The van der Waals surface area contributed by atoms with Crippen molar-refractivity contribution in [1.82, 2.24) is 9.62 Å². The molecule has 2 rings (SSSR count). The van der Waals surface area contributed by atoms with E-state index in [-0.39, 0.29) is 11.9 Å². The molecule has 5 nitrogen and oxygen atoms in total. The zero-order chi connectivity index (χ0) is 15.3. The van der Waals surface area contributed by atoms with Gasteiger partial charge in [-0.2, -0.15) is 0 Å². The zero-order valence-corrected chi connectivity index (χ0v) is 14.2. The molecule has 2 heterocycles. The summed E-state index contributed by atoms with van der Waals surface area (Å²) in [7, 11) is -3.17. The first kappa shape index (κ1) is 17.2. The molecule has 2 aliphatic rings. The number of rotatable bonds is 7. The number of nitrogens with zero attached hydrogens (tertiary/aromatic N) is 1. The van der Waals surface area contributed by atoms with Crippen LogP contribution in [-0.4, -0.2) is 56.9 Å². The van der Waals surface area contributed by atoms with Crippen LogP contribution in [0.1, 0.15) is 46.0 Å². The summed E-state index contributed by atoms with van der Waals surface area (Å²) in [6.07, 6.45) is 4.97. The van der Waals surface area contributed by atoms with E-state index in [0.29, 0.717) is 31.7 Å². The first-order valence-electron chi connectivity index (χ1n) is 8.35. The zero-order valence-electron chi connectivity index (χ0n) is 13.4. The molecule has 0 aromatic carbocycles. The van der Waals surface area contributed by atoms with E-state index in [1.165, 1.54) is 0 Å². The number of sulfonamides is 1. The second kappa shape index (κ2) is 7.90. The smallest absolute Gasteiger partial charge is 0.216 e. The molecule has 3 unspecified atom stereocenters. The Bertz CT molecular complexity index is 407. The van der Waals surface area contributed by atoms with Crippen molar-refractivity contribution in [2.24, 2.45) is 5.92 Å². The van der Waals surface area contributed by atoms with Crippen molar-refractivity contribution < 1.29 is 13.2 Å². The van der Waals surface area contributed by atoms with Gasteiger partial charge in [0.25, 0.3) is 0 Å². The Balaban J connectivity index is 1.89. The lowest BCUT2D eigenvalue weighted by molar-refractivity contribution is 0.125. The van der Waals surface area contributed by atoms with E-state index in [9.17, 15) is 8.42 Å². The van der Waals surface area contributed by atoms with E-state index in [1.54, 1.807) is 4.31 Å². The molecule has 2 aliphatic heterocycles. The third kappa shape index (κ3) is 4.91. The summed E-state index contributed by atoms with van der Waals surface area (Å²) < 4.78 is 32.3. The van der Waals surface area contributed by atoms with Gasteiger partial charge in [-0.15, -0.1) is 0 Å². The lowest BCUT2D eigenvalue weighted by Gasteiger charge is -2.35. The fourth-order valence-electron chi connectivity index (χ4n) is 3.29. The Hall–Kier alpha value is -0.170. The summed E-state index contributed by atoms with van der Waals surface area (Å²) >= 11 is 0. The molecule has 6 heteroatoms. The van der Waals surface area contributed by atoms with Gasteiger partial charge in [-0.25, -0.2) is 12.7 Å². The molecule has 1 N–H and O–H groups in total. The average molecular weight is 318 g/mol. The molecule has 0 amide bonds. The largest absolute Gasteiger partial charge is 0.377 e. The van der Waals surface area contributed by atoms with Gasteiger partial charge in [0.15, 0.2) is 0 Å². The molecule has 0 bridgehead atoms. The van der Waals surface area contributed by atoms with Gasteiger partial charge in [0.2, 0.25) is 10.0 Å². The Kier molecular flexibility index (Phi) is 6.47. The maximum Gasteiger partial charge on any atom is 0.216 e. The van der Waals surface area contributed by atoms with Gasteiger partial charge in [-0.1, -0.05) is 6.92 Å². The predicted octanol–water partition coefficient (Wildman–Crippen LogP) is 1.60. The highest BCUT2D eigenvalue weighted by atomic mass is 32.2. The van der Waals surface area contributed by atoms with Crippen molar-refractivity contribution in [3.05, 3.63) is 0 Å². The van der Waals surface area contributed by atoms with Crippen molar-refractivity contribution in [2.45, 2.75) is 58.1 Å². The maximum atomic E-state index is 12.5. The van der Waals surface area contributed by atoms with Crippen LogP contribution in [0.15, 0.2) is 0 Å². The molecule has 0 saturated carbocycles. The van der Waals surface area contributed by atoms with Gasteiger partial charge < -0.3 is 10.1 Å². The van der Waals surface area contributed by atoms with Gasteiger partial charge >= 0.3 is 0 Å². The van der Waals surface area contributed by atoms with Crippen LogP contribution < -0.4 is 5.32 Å². The van der Waals surface area contributed by atoms with Crippen LogP contribution in [0, 0.1) is 5.92 Å². The summed E-state index contributed by atoms with van der Waals surface area (Å²) in [6, 6.07) is 0.380. The molecule has 2 fully saturated rings. The SMILES string of the molecule is CCCNC(C)C1CCCN(S(=O)(=O)CC2CCCO2)C1. The Morgan fingerprint density at radius 2 is 2.14 bits per heavy atom. The van der Waals surface area contributed by atoms with E-state index in [4.69, 9.17) is 4.74 Å². The minimum absolute atomic E-state index is 0.0917.